The second-order valence-corrected chi connectivity index (χ2v) is 5.61. The number of terminal acetylenes is 1. The third kappa shape index (κ3) is 4.33. The van der Waals surface area contributed by atoms with E-state index in [1.54, 1.807) is 0 Å². The highest BCUT2D eigenvalue weighted by molar-refractivity contribution is 4.91. The lowest BCUT2D eigenvalue weighted by molar-refractivity contribution is 0.206. The first-order valence-corrected chi connectivity index (χ1v) is 7.30. The van der Waals surface area contributed by atoms with Crippen LogP contribution >= 0.6 is 0 Å². The molecule has 1 saturated carbocycles. The molecule has 2 fully saturated rings. The molecule has 0 radical (unpaired) electrons. The van der Waals surface area contributed by atoms with Crippen molar-refractivity contribution in [1.29, 1.82) is 0 Å². The van der Waals surface area contributed by atoms with Gasteiger partial charge in [0, 0.05) is 25.2 Å². The van der Waals surface area contributed by atoms with Gasteiger partial charge in [0.25, 0.3) is 0 Å². The molecule has 1 saturated heterocycles. The summed E-state index contributed by atoms with van der Waals surface area (Å²) in [6.07, 6.45) is 16.4. The number of nitrogens with one attached hydrogen (secondary N) is 1. The molecule has 0 amide bonds. The Hall–Kier alpha value is -0.520. The summed E-state index contributed by atoms with van der Waals surface area (Å²) in [7, 11) is 0. The fraction of sp³-hybridized carbons (Fsp3) is 0.867. The van der Waals surface area contributed by atoms with Crippen molar-refractivity contribution in [2.45, 2.75) is 63.5 Å². The summed E-state index contributed by atoms with van der Waals surface area (Å²) < 4.78 is 0. The predicted octanol–water partition coefficient (Wildman–Crippen LogP) is 2.40. The van der Waals surface area contributed by atoms with Crippen LogP contribution in [0, 0.1) is 12.3 Å². The maximum Gasteiger partial charge on any atom is 0.0598 e. The molecule has 0 spiro atoms. The summed E-state index contributed by atoms with van der Waals surface area (Å²) >= 11 is 0. The van der Waals surface area contributed by atoms with E-state index in [-0.39, 0.29) is 0 Å². The Bertz CT molecular complexity index is 240. The number of rotatable bonds is 3. The highest BCUT2D eigenvalue weighted by atomic mass is 15.1. The van der Waals surface area contributed by atoms with Crippen LogP contribution in [0.25, 0.3) is 0 Å². The van der Waals surface area contributed by atoms with E-state index < -0.39 is 0 Å². The van der Waals surface area contributed by atoms with Gasteiger partial charge in [-0.3, -0.25) is 4.90 Å². The van der Waals surface area contributed by atoms with E-state index in [2.05, 4.69) is 16.1 Å². The number of hydrogen-bond donors (Lipinski definition) is 1. The molecule has 0 aromatic rings. The van der Waals surface area contributed by atoms with Crippen LogP contribution in [0.5, 0.6) is 0 Å². The van der Waals surface area contributed by atoms with Crippen LogP contribution in [0.15, 0.2) is 0 Å². The molecule has 17 heavy (non-hydrogen) atoms. The van der Waals surface area contributed by atoms with Crippen molar-refractivity contribution < 1.29 is 0 Å². The topological polar surface area (TPSA) is 15.3 Å². The molecule has 2 nitrogen and oxygen atoms in total. The van der Waals surface area contributed by atoms with Crippen LogP contribution < -0.4 is 5.32 Å². The zero-order valence-electron chi connectivity index (χ0n) is 11.0. The third-order valence-corrected chi connectivity index (χ3v) is 4.23. The maximum absolute atomic E-state index is 5.35. The first-order valence-electron chi connectivity index (χ1n) is 7.30. The number of likely N-dealkylation sites (tertiary alicyclic amines) is 1. The minimum atomic E-state index is 0.743. The zero-order chi connectivity index (χ0) is 11.9. The number of piperidine rings is 1. The molecular weight excluding hydrogens is 208 g/mol. The maximum atomic E-state index is 5.35. The van der Waals surface area contributed by atoms with Gasteiger partial charge in [-0.05, 0) is 25.7 Å². The largest absolute Gasteiger partial charge is 0.311 e. The van der Waals surface area contributed by atoms with Crippen LogP contribution in [0.4, 0.5) is 0 Å². The van der Waals surface area contributed by atoms with E-state index in [9.17, 15) is 0 Å². The number of nitrogens with zero attached hydrogens (tertiary/aromatic N) is 1. The SMILES string of the molecule is C#CCN1CCC(NC2CCCCCC2)CC1. The summed E-state index contributed by atoms with van der Waals surface area (Å²) in [6, 6.07) is 1.54. The Balaban J connectivity index is 1.68. The molecule has 1 aliphatic carbocycles. The van der Waals surface area contributed by atoms with Crippen molar-refractivity contribution in [2.75, 3.05) is 19.6 Å². The van der Waals surface area contributed by atoms with E-state index in [0.717, 1.165) is 18.6 Å². The summed E-state index contributed by atoms with van der Waals surface area (Å²) in [5.74, 6) is 2.75. The highest BCUT2D eigenvalue weighted by Crippen LogP contribution is 2.19. The fourth-order valence-electron chi connectivity index (χ4n) is 3.17. The molecule has 0 unspecified atom stereocenters. The van der Waals surface area contributed by atoms with Gasteiger partial charge < -0.3 is 5.32 Å². The van der Waals surface area contributed by atoms with Crippen LogP contribution in [-0.4, -0.2) is 36.6 Å². The molecule has 0 atom stereocenters. The quantitative estimate of drug-likeness (QED) is 0.596. The van der Waals surface area contributed by atoms with Crippen LogP contribution in [0.1, 0.15) is 51.4 Å². The van der Waals surface area contributed by atoms with Crippen molar-refractivity contribution in [2.24, 2.45) is 0 Å². The molecule has 1 N–H and O–H groups in total. The Morgan fingerprint density at radius 1 is 0.941 bits per heavy atom. The summed E-state index contributed by atoms with van der Waals surface area (Å²) in [6.45, 7) is 3.18. The van der Waals surface area contributed by atoms with Gasteiger partial charge in [-0.25, -0.2) is 0 Å². The molecule has 0 aromatic carbocycles. The molecular formula is C15H26N2. The van der Waals surface area contributed by atoms with Crippen molar-refractivity contribution in [1.82, 2.24) is 10.2 Å². The zero-order valence-corrected chi connectivity index (χ0v) is 11.0. The average molecular weight is 234 g/mol. The Kier molecular flexibility index (Phi) is 5.35. The van der Waals surface area contributed by atoms with E-state index in [1.165, 1.54) is 64.5 Å². The molecule has 1 aliphatic heterocycles. The van der Waals surface area contributed by atoms with Gasteiger partial charge in [-0.1, -0.05) is 31.6 Å². The predicted molar refractivity (Wildman–Crippen MR) is 72.9 cm³/mol. The minimum Gasteiger partial charge on any atom is -0.311 e. The van der Waals surface area contributed by atoms with Gasteiger partial charge in [-0.2, -0.15) is 0 Å². The third-order valence-electron chi connectivity index (χ3n) is 4.23. The van der Waals surface area contributed by atoms with Crippen LogP contribution in [0.3, 0.4) is 0 Å². The van der Waals surface area contributed by atoms with Gasteiger partial charge in [0.1, 0.15) is 0 Å². The first kappa shape index (κ1) is 12.9. The van der Waals surface area contributed by atoms with Crippen LogP contribution in [0.2, 0.25) is 0 Å². The van der Waals surface area contributed by atoms with Gasteiger partial charge >= 0.3 is 0 Å². The molecule has 2 rings (SSSR count). The van der Waals surface area contributed by atoms with Crippen molar-refractivity contribution in [3.8, 4) is 12.3 Å². The standard InChI is InChI=1S/C15H26N2/c1-2-11-17-12-9-15(10-13-17)16-14-7-5-3-4-6-8-14/h1,14-16H,3-13H2. The molecule has 1 heterocycles. The van der Waals surface area contributed by atoms with Crippen molar-refractivity contribution in [3.05, 3.63) is 0 Å². The Morgan fingerprint density at radius 2 is 1.53 bits per heavy atom. The molecule has 0 bridgehead atoms. The van der Waals surface area contributed by atoms with Crippen molar-refractivity contribution in [3.63, 3.8) is 0 Å². The van der Waals surface area contributed by atoms with E-state index in [4.69, 9.17) is 6.42 Å². The Morgan fingerprint density at radius 3 is 2.12 bits per heavy atom. The lowest BCUT2D eigenvalue weighted by atomic mass is 10.0. The number of hydrogen-bond acceptors (Lipinski definition) is 2. The second kappa shape index (κ2) is 7.03. The van der Waals surface area contributed by atoms with Crippen molar-refractivity contribution >= 4 is 0 Å². The second-order valence-electron chi connectivity index (χ2n) is 5.61. The lowest BCUT2D eigenvalue weighted by Gasteiger charge is -2.33. The van der Waals surface area contributed by atoms with E-state index in [1.807, 2.05) is 0 Å². The first-order chi connectivity index (χ1) is 8.38. The summed E-state index contributed by atoms with van der Waals surface area (Å²) in [5, 5.41) is 3.88. The molecule has 2 heteroatoms. The molecule has 2 aliphatic rings. The van der Waals surface area contributed by atoms with Gasteiger partial charge in [-0.15, -0.1) is 6.42 Å². The van der Waals surface area contributed by atoms with E-state index in [0.29, 0.717) is 0 Å². The molecule has 0 aromatic heterocycles. The lowest BCUT2D eigenvalue weighted by Crippen LogP contribution is -2.46. The normalized spacial score (nSPS) is 25.4. The molecule has 96 valence electrons. The monoisotopic (exact) mass is 234 g/mol. The van der Waals surface area contributed by atoms with Gasteiger partial charge in [0.2, 0.25) is 0 Å². The minimum absolute atomic E-state index is 0.743. The highest BCUT2D eigenvalue weighted by Gasteiger charge is 2.21. The summed E-state index contributed by atoms with van der Waals surface area (Å²) in [4.78, 5) is 2.39. The van der Waals surface area contributed by atoms with Gasteiger partial charge in [0.15, 0.2) is 0 Å². The fourth-order valence-corrected chi connectivity index (χ4v) is 3.17. The van der Waals surface area contributed by atoms with E-state index >= 15 is 0 Å². The Labute approximate surface area is 106 Å². The summed E-state index contributed by atoms with van der Waals surface area (Å²) in [5.41, 5.74) is 0. The van der Waals surface area contributed by atoms with Gasteiger partial charge in [0.05, 0.1) is 6.54 Å². The smallest absolute Gasteiger partial charge is 0.0598 e. The van der Waals surface area contributed by atoms with Crippen LogP contribution in [-0.2, 0) is 0 Å². The average Bonchev–Trinajstić information content (AvgIpc) is 2.61.